The van der Waals surface area contributed by atoms with Crippen molar-refractivity contribution in [2.45, 2.75) is 18.9 Å². The molecule has 3 heteroatoms. The van der Waals surface area contributed by atoms with Gasteiger partial charge in [-0.2, -0.15) is 0 Å². The smallest absolute Gasteiger partial charge is 0.0813 e. The van der Waals surface area contributed by atoms with E-state index in [0.29, 0.717) is 6.10 Å². The summed E-state index contributed by atoms with van der Waals surface area (Å²) in [5.74, 6) is 0. The first-order chi connectivity index (χ1) is 4.95. The van der Waals surface area contributed by atoms with Crippen LogP contribution in [0, 0.1) is 0 Å². The van der Waals surface area contributed by atoms with Crippen LogP contribution in [0.1, 0.15) is 11.3 Å². The number of thiazole rings is 1. The Morgan fingerprint density at radius 1 is 1.80 bits per heavy atom. The van der Waals surface area contributed by atoms with Crippen molar-refractivity contribution in [2.24, 2.45) is 0 Å². The molecular weight excluding hydrogens is 146 g/mol. The molecule has 2 nitrogen and oxygen atoms in total. The van der Waals surface area contributed by atoms with Gasteiger partial charge in [0.2, 0.25) is 0 Å². The highest BCUT2D eigenvalue weighted by Crippen LogP contribution is 2.17. The van der Waals surface area contributed by atoms with Gasteiger partial charge in [0, 0.05) is 11.1 Å². The fourth-order valence-electron chi connectivity index (χ4n) is 0.904. The molecule has 1 aromatic rings. The van der Waals surface area contributed by atoms with Gasteiger partial charge in [-0.15, -0.1) is 11.3 Å². The first-order valence-electron chi connectivity index (χ1n) is 3.44. The number of aromatic nitrogens is 1. The monoisotopic (exact) mass is 155 g/mol. The summed E-state index contributed by atoms with van der Waals surface area (Å²) in [5, 5.41) is 0. The van der Waals surface area contributed by atoms with Crippen LogP contribution in [0.3, 0.4) is 0 Å². The largest absolute Gasteiger partial charge is 0.373 e. The molecule has 1 aliphatic rings. The van der Waals surface area contributed by atoms with Crippen LogP contribution in [0.15, 0.2) is 11.7 Å². The molecule has 1 atom stereocenters. The SMILES string of the molecule is c1ncc(CCC2CO2)s1. The summed E-state index contributed by atoms with van der Waals surface area (Å²) in [6.07, 6.45) is 4.80. The summed E-state index contributed by atoms with van der Waals surface area (Å²) in [4.78, 5) is 5.37. The summed E-state index contributed by atoms with van der Waals surface area (Å²) < 4.78 is 5.09. The second-order valence-electron chi connectivity index (χ2n) is 2.46. The number of rotatable bonds is 3. The topological polar surface area (TPSA) is 25.4 Å². The third-order valence-corrected chi connectivity index (χ3v) is 2.44. The average Bonchev–Trinajstić information content (AvgIpc) is 2.63. The van der Waals surface area contributed by atoms with Gasteiger partial charge in [0.1, 0.15) is 0 Å². The van der Waals surface area contributed by atoms with Crippen molar-refractivity contribution in [3.05, 3.63) is 16.6 Å². The molecule has 1 saturated heterocycles. The summed E-state index contributed by atoms with van der Waals surface area (Å²) >= 11 is 1.73. The molecule has 0 amide bonds. The molecule has 1 aliphatic heterocycles. The Morgan fingerprint density at radius 2 is 2.70 bits per heavy atom. The molecule has 2 rings (SSSR count). The van der Waals surface area contributed by atoms with Crippen molar-refractivity contribution in [2.75, 3.05) is 6.61 Å². The Balaban J connectivity index is 1.79. The molecule has 1 fully saturated rings. The van der Waals surface area contributed by atoms with Crippen molar-refractivity contribution in [3.8, 4) is 0 Å². The van der Waals surface area contributed by atoms with E-state index in [-0.39, 0.29) is 0 Å². The van der Waals surface area contributed by atoms with Crippen LogP contribution in [0.25, 0.3) is 0 Å². The van der Waals surface area contributed by atoms with E-state index in [2.05, 4.69) is 4.98 Å². The van der Waals surface area contributed by atoms with Crippen molar-refractivity contribution in [1.82, 2.24) is 4.98 Å². The van der Waals surface area contributed by atoms with Crippen LogP contribution >= 0.6 is 11.3 Å². The Hall–Kier alpha value is -0.410. The lowest BCUT2D eigenvalue weighted by Crippen LogP contribution is -1.87. The molecule has 54 valence electrons. The van der Waals surface area contributed by atoms with Crippen molar-refractivity contribution >= 4 is 11.3 Å². The molecule has 0 saturated carbocycles. The van der Waals surface area contributed by atoms with E-state index in [1.807, 2.05) is 11.7 Å². The maximum atomic E-state index is 5.09. The number of hydrogen-bond acceptors (Lipinski definition) is 3. The summed E-state index contributed by atoms with van der Waals surface area (Å²) in [5.41, 5.74) is 1.88. The van der Waals surface area contributed by atoms with E-state index in [1.54, 1.807) is 11.3 Å². The fourth-order valence-corrected chi connectivity index (χ4v) is 1.52. The zero-order chi connectivity index (χ0) is 6.81. The lowest BCUT2D eigenvalue weighted by atomic mass is 10.2. The van der Waals surface area contributed by atoms with E-state index in [4.69, 9.17) is 4.74 Å². The van der Waals surface area contributed by atoms with Crippen LogP contribution in [-0.4, -0.2) is 17.7 Å². The molecule has 10 heavy (non-hydrogen) atoms. The molecule has 0 aromatic carbocycles. The minimum absolute atomic E-state index is 0.557. The van der Waals surface area contributed by atoms with Crippen LogP contribution in [0.5, 0.6) is 0 Å². The predicted octanol–water partition coefficient (Wildman–Crippen LogP) is 1.47. The first-order valence-corrected chi connectivity index (χ1v) is 4.32. The van der Waals surface area contributed by atoms with Gasteiger partial charge < -0.3 is 4.74 Å². The summed E-state index contributed by atoms with van der Waals surface area (Å²) in [6.45, 7) is 0.971. The van der Waals surface area contributed by atoms with Gasteiger partial charge >= 0.3 is 0 Å². The Labute approximate surface area is 63.9 Å². The molecule has 0 N–H and O–H groups in total. The number of epoxide rings is 1. The van der Waals surface area contributed by atoms with Crippen molar-refractivity contribution in [1.29, 1.82) is 0 Å². The second-order valence-corrected chi connectivity index (χ2v) is 3.43. The minimum atomic E-state index is 0.557. The molecule has 2 heterocycles. The van der Waals surface area contributed by atoms with E-state index in [0.717, 1.165) is 13.0 Å². The molecule has 1 unspecified atom stereocenters. The Morgan fingerprint density at radius 3 is 3.30 bits per heavy atom. The number of ether oxygens (including phenoxy) is 1. The quantitative estimate of drug-likeness (QED) is 0.618. The molecule has 1 aromatic heterocycles. The fraction of sp³-hybridized carbons (Fsp3) is 0.571. The predicted molar refractivity (Wildman–Crippen MR) is 40.2 cm³/mol. The summed E-state index contributed by atoms with van der Waals surface area (Å²) in [7, 11) is 0. The van der Waals surface area contributed by atoms with E-state index in [9.17, 15) is 0 Å². The highest BCUT2D eigenvalue weighted by Gasteiger charge is 2.21. The van der Waals surface area contributed by atoms with Crippen LogP contribution in [0.2, 0.25) is 0 Å². The number of aryl methyl sites for hydroxylation is 1. The van der Waals surface area contributed by atoms with E-state index >= 15 is 0 Å². The van der Waals surface area contributed by atoms with E-state index in [1.165, 1.54) is 11.3 Å². The van der Waals surface area contributed by atoms with Gasteiger partial charge in [-0.3, -0.25) is 4.98 Å². The second kappa shape index (κ2) is 2.68. The Kier molecular flexibility index (Phi) is 1.69. The molecule has 0 aliphatic carbocycles. The summed E-state index contributed by atoms with van der Waals surface area (Å²) in [6, 6.07) is 0. The maximum Gasteiger partial charge on any atom is 0.0813 e. The maximum absolute atomic E-state index is 5.09. The van der Waals surface area contributed by atoms with Gasteiger partial charge in [0.25, 0.3) is 0 Å². The standard InChI is InChI=1S/C7H9NOS/c1(6-4-9-6)2-7-3-8-5-10-7/h3,5-6H,1-2,4H2. The molecular formula is C7H9NOS. The van der Waals surface area contributed by atoms with Gasteiger partial charge in [-0.1, -0.05) is 0 Å². The van der Waals surface area contributed by atoms with Gasteiger partial charge in [0.05, 0.1) is 18.2 Å². The highest BCUT2D eigenvalue weighted by molar-refractivity contribution is 7.09. The van der Waals surface area contributed by atoms with Crippen molar-refractivity contribution in [3.63, 3.8) is 0 Å². The van der Waals surface area contributed by atoms with Crippen molar-refractivity contribution < 1.29 is 4.74 Å². The highest BCUT2D eigenvalue weighted by atomic mass is 32.1. The van der Waals surface area contributed by atoms with Gasteiger partial charge in [-0.25, -0.2) is 0 Å². The van der Waals surface area contributed by atoms with Crippen LogP contribution < -0.4 is 0 Å². The third kappa shape index (κ3) is 1.55. The average molecular weight is 155 g/mol. The zero-order valence-corrected chi connectivity index (χ0v) is 6.43. The number of hydrogen-bond donors (Lipinski definition) is 0. The number of nitrogens with zero attached hydrogens (tertiary/aromatic N) is 1. The van der Waals surface area contributed by atoms with E-state index < -0.39 is 0 Å². The minimum Gasteiger partial charge on any atom is -0.373 e. The third-order valence-electron chi connectivity index (χ3n) is 1.60. The molecule has 0 spiro atoms. The molecule has 0 radical (unpaired) electrons. The lowest BCUT2D eigenvalue weighted by molar-refractivity contribution is 0.397. The van der Waals surface area contributed by atoms with Gasteiger partial charge in [-0.05, 0) is 12.8 Å². The lowest BCUT2D eigenvalue weighted by Gasteiger charge is -1.89. The first kappa shape index (κ1) is 6.31. The van der Waals surface area contributed by atoms with Crippen LogP contribution in [0.4, 0.5) is 0 Å². The molecule has 0 bridgehead atoms. The zero-order valence-electron chi connectivity index (χ0n) is 5.62. The van der Waals surface area contributed by atoms with Crippen LogP contribution in [-0.2, 0) is 11.2 Å². The Bertz CT molecular complexity index is 193. The van der Waals surface area contributed by atoms with Gasteiger partial charge in [0.15, 0.2) is 0 Å². The normalized spacial score (nSPS) is 23.0.